The molecule has 1 aromatic heterocycles. The van der Waals surface area contributed by atoms with Crippen molar-refractivity contribution in [3.8, 4) is 11.3 Å². The maximum atomic E-state index is 12.4. The van der Waals surface area contributed by atoms with Crippen LogP contribution in [0.25, 0.3) is 11.3 Å². The molecule has 29 heavy (non-hydrogen) atoms. The van der Waals surface area contributed by atoms with Crippen molar-refractivity contribution >= 4 is 23.2 Å². The van der Waals surface area contributed by atoms with Crippen molar-refractivity contribution in [3.05, 3.63) is 65.9 Å². The van der Waals surface area contributed by atoms with Crippen LogP contribution < -0.4 is 15.5 Å². The van der Waals surface area contributed by atoms with Gasteiger partial charge in [0.05, 0.1) is 12.2 Å². The van der Waals surface area contributed by atoms with E-state index in [0.29, 0.717) is 5.69 Å². The first-order chi connectivity index (χ1) is 13.8. The van der Waals surface area contributed by atoms with Crippen molar-refractivity contribution in [2.75, 3.05) is 30.9 Å². The molecule has 150 valence electrons. The molecule has 0 saturated heterocycles. The minimum Gasteiger partial charge on any atom is -0.378 e. The number of benzene rings is 2. The summed E-state index contributed by atoms with van der Waals surface area (Å²) in [6, 6.07) is 17.2. The highest BCUT2D eigenvalue weighted by atomic mass is 16.2. The first kappa shape index (κ1) is 20.1. The topological polar surface area (TPSA) is 79.3 Å². The minimum atomic E-state index is -0.392. The first-order valence-electron chi connectivity index (χ1n) is 9.30. The number of carbonyl (C=O) groups is 2. The van der Waals surface area contributed by atoms with E-state index in [4.69, 9.17) is 0 Å². The molecule has 0 saturated carbocycles. The van der Waals surface area contributed by atoms with Gasteiger partial charge in [-0.25, -0.2) is 0 Å². The molecular weight excluding hydrogens is 366 g/mol. The van der Waals surface area contributed by atoms with Gasteiger partial charge in [0.2, 0.25) is 5.91 Å². The maximum absolute atomic E-state index is 12.4. The van der Waals surface area contributed by atoms with E-state index in [1.54, 1.807) is 17.8 Å². The van der Waals surface area contributed by atoms with Crippen molar-refractivity contribution in [1.82, 2.24) is 15.1 Å². The standard InChI is InChI=1S/C22H25N5O2/c1-15-5-7-16(8-6-15)20-13-19(25-27(20)4)22(29)23-14-21(28)24-17-9-11-18(12-10-17)26(2)3/h5-13H,14H2,1-4H3,(H,23,29)(H,24,28). The van der Waals surface area contributed by atoms with Crippen LogP contribution in [0.15, 0.2) is 54.6 Å². The largest absolute Gasteiger partial charge is 0.378 e. The van der Waals surface area contributed by atoms with E-state index in [2.05, 4.69) is 15.7 Å². The van der Waals surface area contributed by atoms with Gasteiger partial charge in [-0.05, 0) is 42.8 Å². The number of amides is 2. The van der Waals surface area contributed by atoms with Crippen LogP contribution in [-0.2, 0) is 11.8 Å². The number of nitrogens with zero attached hydrogens (tertiary/aromatic N) is 3. The van der Waals surface area contributed by atoms with Gasteiger partial charge in [-0.2, -0.15) is 5.10 Å². The molecule has 0 atom stereocenters. The maximum Gasteiger partial charge on any atom is 0.272 e. The summed E-state index contributed by atoms with van der Waals surface area (Å²) in [4.78, 5) is 26.5. The Bertz CT molecular complexity index is 1000. The average Bonchev–Trinajstić information content (AvgIpc) is 3.09. The summed E-state index contributed by atoms with van der Waals surface area (Å²) >= 11 is 0. The average molecular weight is 391 g/mol. The van der Waals surface area contributed by atoms with Gasteiger partial charge in [-0.3, -0.25) is 14.3 Å². The van der Waals surface area contributed by atoms with Crippen molar-refractivity contribution in [2.45, 2.75) is 6.92 Å². The summed E-state index contributed by atoms with van der Waals surface area (Å²) in [5, 5.41) is 9.65. The van der Waals surface area contributed by atoms with Crippen LogP contribution in [0.1, 0.15) is 16.1 Å². The third kappa shape index (κ3) is 5.01. The number of hydrogen-bond acceptors (Lipinski definition) is 4. The van der Waals surface area contributed by atoms with Crippen LogP contribution in [0.4, 0.5) is 11.4 Å². The van der Waals surface area contributed by atoms with E-state index >= 15 is 0 Å². The van der Waals surface area contributed by atoms with Crippen molar-refractivity contribution < 1.29 is 9.59 Å². The molecule has 0 aliphatic carbocycles. The zero-order valence-electron chi connectivity index (χ0n) is 17.1. The molecule has 7 nitrogen and oxygen atoms in total. The summed E-state index contributed by atoms with van der Waals surface area (Å²) in [6.07, 6.45) is 0. The van der Waals surface area contributed by atoms with Crippen LogP contribution in [0.3, 0.4) is 0 Å². The Labute approximate surface area is 170 Å². The van der Waals surface area contributed by atoms with Crippen molar-refractivity contribution in [1.29, 1.82) is 0 Å². The lowest BCUT2D eigenvalue weighted by atomic mass is 10.1. The molecule has 0 radical (unpaired) electrons. The summed E-state index contributed by atoms with van der Waals surface area (Å²) in [6.45, 7) is 1.89. The number of aryl methyl sites for hydroxylation is 2. The molecule has 1 heterocycles. The Morgan fingerprint density at radius 3 is 2.31 bits per heavy atom. The second kappa shape index (κ2) is 8.60. The Balaban J connectivity index is 1.58. The molecule has 0 fully saturated rings. The number of nitrogens with one attached hydrogen (secondary N) is 2. The van der Waals surface area contributed by atoms with Crippen LogP contribution in [-0.4, -0.2) is 42.2 Å². The quantitative estimate of drug-likeness (QED) is 0.677. The fourth-order valence-corrected chi connectivity index (χ4v) is 2.87. The Hall–Kier alpha value is -3.61. The van der Waals surface area contributed by atoms with Crippen molar-refractivity contribution in [2.24, 2.45) is 7.05 Å². The molecule has 3 rings (SSSR count). The molecule has 0 bridgehead atoms. The molecule has 7 heteroatoms. The summed E-state index contributed by atoms with van der Waals surface area (Å²) < 4.78 is 1.66. The minimum absolute atomic E-state index is 0.134. The highest BCUT2D eigenvalue weighted by Crippen LogP contribution is 2.20. The number of hydrogen-bond donors (Lipinski definition) is 2. The Morgan fingerprint density at radius 2 is 1.69 bits per heavy atom. The number of rotatable bonds is 6. The summed E-state index contributed by atoms with van der Waals surface area (Å²) in [5.74, 6) is -0.692. The van der Waals surface area contributed by atoms with Gasteiger partial charge in [0.25, 0.3) is 5.91 Å². The predicted molar refractivity (Wildman–Crippen MR) is 115 cm³/mol. The number of anilines is 2. The highest BCUT2D eigenvalue weighted by Gasteiger charge is 2.15. The van der Waals surface area contributed by atoms with Gasteiger partial charge in [0, 0.05) is 32.5 Å². The van der Waals surface area contributed by atoms with Crippen LogP contribution >= 0.6 is 0 Å². The van der Waals surface area contributed by atoms with Gasteiger partial charge in [-0.15, -0.1) is 0 Å². The molecule has 0 aliphatic heterocycles. The van der Waals surface area contributed by atoms with Crippen LogP contribution in [0.5, 0.6) is 0 Å². The molecule has 2 N–H and O–H groups in total. The number of aromatic nitrogens is 2. The smallest absolute Gasteiger partial charge is 0.272 e. The molecule has 3 aromatic rings. The monoisotopic (exact) mass is 391 g/mol. The van der Waals surface area contributed by atoms with Gasteiger partial charge < -0.3 is 15.5 Å². The zero-order chi connectivity index (χ0) is 21.0. The van der Waals surface area contributed by atoms with Gasteiger partial charge >= 0.3 is 0 Å². The van der Waals surface area contributed by atoms with E-state index in [1.165, 1.54) is 0 Å². The van der Waals surface area contributed by atoms with E-state index in [9.17, 15) is 9.59 Å². The van der Waals surface area contributed by atoms with Gasteiger partial charge in [0.15, 0.2) is 5.69 Å². The summed E-state index contributed by atoms with van der Waals surface area (Å²) in [7, 11) is 5.69. The van der Waals surface area contributed by atoms with Gasteiger partial charge in [0.1, 0.15) is 0 Å². The first-order valence-corrected chi connectivity index (χ1v) is 9.30. The van der Waals surface area contributed by atoms with Crippen molar-refractivity contribution in [3.63, 3.8) is 0 Å². The third-order valence-corrected chi connectivity index (χ3v) is 4.54. The second-order valence-corrected chi connectivity index (χ2v) is 7.08. The Kier molecular flexibility index (Phi) is 5.97. The normalized spacial score (nSPS) is 10.5. The van der Waals surface area contributed by atoms with Crippen LogP contribution in [0, 0.1) is 6.92 Å². The SMILES string of the molecule is Cc1ccc(-c2cc(C(=O)NCC(=O)Nc3ccc(N(C)C)cc3)nn2C)cc1. The van der Waals surface area contributed by atoms with E-state index in [-0.39, 0.29) is 18.1 Å². The lowest BCUT2D eigenvalue weighted by Crippen LogP contribution is -2.33. The zero-order valence-corrected chi connectivity index (χ0v) is 17.1. The van der Waals surface area contributed by atoms with E-state index in [0.717, 1.165) is 22.5 Å². The Morgan fingerprint density at radius 1 is 1.03 bits per heavy atom. The van der Waals surface area contributed by atoms with Gasteiger partial charge in [-0.1, -0.05) is 29.8 Å². The fourth-order valence-electron chi connectivity index (χ4n) is 2.87. The lowest BCUT2D eigenvalue weighted by molar-refractivity contribution is -0.115. The van der Waals surface area contributed by atoms with E-state index in [1.807, 2.05) is 74.4 Å². The molecule has 0 aliphatic rings. The molecule has 2 aromatic carbocycles. The molecular formula is C22H25N5O2. The lowest BCUT2D eigenvalue weighted by Gasteiger charge is -2.13. The van der Waals surface area contributed by atoms with E-state index < -0.39 is 5.91 Å². The summed E-state index contributed by atoms with van der Waals surface area (Å²) in [5.41, 5.74) is 4.96. The molecule has 0 unspecified atom stereocenters. The molecule has 2 amide bonds. The third-order valence-electron chi connectivity index (χ3n) is 4.54. The highest BCUT2D eigenvalue weighted by molar-refractivity contribution is 5.99. The molecule has 0 spiro atoms. The second-order valence-electron chi connectivity index (χ2n) is 7.08. The van der Waals surface area contributed by atoms with Crippen LogP contribution in [0.2, 0.25) is 0 Å². The predicted octanol–water partition coefficient (Wildman–Crippen LogP) is 2.83. The number of carbonyl (C=O) groups excluding carboxylic acids is 2. The fraction of sp³-hybridized carbons (Fsp3) is 0.227.